The van der Waals surface area contributed by atoms with Crippen molar-refractivity contribution in [1.82, 2.24) is 4.98 Å². The van der Waals surface area contributed by atoms with Gasteiger partial charge in [-0.05, 0) is 48.5 Å². The zero-order chi connectivity index (χ0) is 20.1. The topological polar surface area (TPSA) is 83.1 Å². The Morgan fingerprint density at radius 2 is 1.57 bits per heavy atom. The first-order valence-corrected chi connectivity index (χ1v) is 8.28. The molecule has 0 aliphatic heterocycles. The van der Waals surface area contributed by atoms with Crippen molar-refractivity contribution in [1.29, 1.82) is 0 Å². The van der Waals surface area contributed by atoms with Crippen LogP contribution in [0.3, 0.4) is 0 Å². The van der Waals surface area contributed by atoms with Gasteiger partial charge in [0.1, 0.15) is 17.5 Å². The molecule has 0 fully saturated rings. The fourth-order valence-corrected chi connectivity index (χ4v) is 2.37. The molecule has 0 bridgehead atoms. The summed E-state index contributed by atoms with van der Waals surface area (Å²) in [4.78, 5) is 27.4. The third kappa shape index (κ3) is 4.88. The molecule has 6 nitrogen and oxygen atoms in total. The fraction of sp³-hybridized carbons (Fsp3) is 0.0500. The average molecular weight is 382 g/mol. The van der Waals surface area contributed by atoms with Crippen LogP contribution in [0.25, 0.3) is 0 Å². The van der Waals surface area contributed by atoms with E-state index in [1.54, 1.807) is 24.3 Å². The zero-order valence-corrected chi connectivity index (χ0v) is 14.8. The van der Waals surface area contributed by atoms with E-state index < -0.39 is 11.6 Å². The number of nitrogens with one attached hydrogen (secondary N) is 3. The number of benzene rings is 2. The van der Waals surface area contributed by atoms with E-state index in [1.165, 1.54) is 31.3 Å². The van der Waals surface area contributed by atoms with Crippen LogP contribution in [0.15, 0.2) is 60.8 Å². The Morgan fingerprint density at radius 3 is 2.14 bits per heavy atom. The lowest BCUT2D eigenvalue weighted by atomic mass is 10.2. The number of amides is 2. The summed E-state index contributed by atoms with van der Waals surface area (Å²) in [7, 11) is 0. The number of carbonyl (C=O) groups is 2. The van der Waals surface area contributed by atoms with Gasteiger partial charge in [0, 0.05) is 30.6 Å². The summed E-state index contributed by atoms with van der Waals surface area (Å²) < 4.78 is 26.6. The smallest absolute Gasteiger partial charge is 0.257 e. The molecule has 0 unspecified atom stereocenters. The number of nitrogens with zero attached hydrogens (tertiary/aromatic N) is 1. The fourth-order valence-electron chi connectivity index (χ4n) is 2.37. The first-order valence-electron chi connectivity index (χ1n) is 8.28. The Bertz CT molecular complexity index is 1010. The number of rotatable bonds is 5. The number of pyridine rings is 1. The van der Waals surface area contributed by atoms with Gasteiger partial charge in [-0.25, -0.2) is 13.8 Å². The van der Waals surface area contributed by atoms with Crippen molar-refractivity contribution in [2.24, 2.45) is 0 Å². The normalized spacial score (nSPS) is 10.2. The number of hydrogen-bond donors (Lipinski definition) is 3. The van der Waals surface area contributed by atoms with E-state index in [0.29, 0.717) is 22.8 Å². The molecule has 8 heteroatoms. The zero-order valence-electron chi connectivity index (χ0n) is 14.8. The first kappa shape index (κ1) is 19.0. The first-order chi connectivity index (χ1) is 13.4. The summed E-state index contributed by atoms with van der Waals surface area (Å²) in [6.45, 7) is 1.41. The van der Waals surface area contributed by atoms with Crippen LogP contribution in [0.2, 0.25) is 0 Å². The van der Waals surface area contributed by atoms with E-state index in [2.05, 4.69) is 20.9 Å². The Morgan fingerprint density at radius 1 is 0.893 bits per heavy atom. The molecular formula is C20H16F2N4O2. The van der Waals surface area contributed by atoms with Gasteiger partial charge < -0.3 is 16.0 Å². The summed E-state index contributed by atoms with van der Waals surface area (Å²) in [5.41, 5.74) is 1.55. The van der Waals surface area contributed by atoms with Crippen molar-refractivity contribution in [3.63, 3.8) is 0 Å². The highest BCUT2D eigenvalue weighted by molar-refractivity contribution is 6.04. The quantitative estimate of drug-likeness (QED) is 0.614. The summed E-state index contributed by atoms with van der Waals surface area (Å²) in [6, 6.07) is 12.8. The third-order valence-corrected chi connectivity index (χ3v) is 3.68. The van der Waals surface area contributed by atoms with Gasteiger partial charge in [0.25, 0.3) is 5.91 Å². The van der Waals surface area contributed by atoms with Crippen molar-refractivity contribution in [3.05, 3.63) is 78.0 Å². The average Bonchev–Trinajstić information content (AvgIpc) is 2.66. The van der Waals surface area contributed by atoms with Gasteiger partial charge in [-0.3, -0.25) is 9.59 Å². The molecule has 3 aromatic rings. The van der Waals surface area contributed by atoms with Gasteiger partial charge >= 0.3 is 0 Å². The molecule has 0 atom stereocenters. The van der Waals surface area contributed by atoms with Crippen molar-refractivity contribution >= 4 is 34.7 Å². The van der Waals surface area contributed by atoms with E-state index >= 15 is 0 Å². The van der Waals surface area contributed by atoms with Crippen LogP contribution in [0.1, 0.15) is 17.3 Å². The molecule has 142 valence electrons. The van der Waals surface area contributed by atoms with Crippen LogP contribution >= 0.6 is 0 Å². The van der Waals surface area contributed by atoms with Crippen LogP contribution in [-0.4, -0.2) is 16.8 Å². The third-order valence-electron chi connectivity index (χ3n) is 3.68. The van der Waals surface area contributed by atoms with Crippen LogP contribution in [0, 0.1) is 11.6 Å². The SMILES string of the molecule is CC(=O)Nc1ccc(NC(=O)c2ccc(Nc3ccc(F)cc3F)nc2)cc1. The molecule has 0 spiro atoms. The molecule has 28 heavy (non-hydrogen) atoms. The minimum absolute atomic E-state index is 0.0744. The molecule has 3 rings (SSSR count). The van der Waals surface area contributed by atoms with Crippen LogP contribution in [-0.2, 0) is 4.79 Å². The second-order valence-corrected chi connectivity index (χ2v) is 5.89. The Kier molecular flexibility index (Phi) is 5.59. The molecule has 2 amide bonds. The molecule has 3 N–H and O–H groups in total. The molecule has 0 aliphatic rings. The maximum Gasteiger partial charge on any atom is 0.257 e. The molecule has 0 saturated carbocycles. The minimum Gasteiger partial charge on any atom is -0.338 e. The maximum atomic E-state index is 13.7. The summed E-state index contributed by atoms with van der Waals surface area (Å²) in [6.07, 6.45) is 1.34. The van der Waals surface area contributed by atoms with Crippen molar-refractivity contribution < 1.29 is 18.4 Å². The second kappa shape index (κ2) is 8.26. The predicted octanol–water partition coefficient (Wildman–Crippen LogP) is 4.31. The van der Waals surface area contributed by atoms with E-state index in [4.69, 9.17) is 0 Å². The Balaban J connectivity index is 1.64. The van der Waals surface area contributed by atoms with Gasteiger partial charge in [0.15, 0.2) is 0 Å². The van der Waals surface area contributed by atoms with Gasteiger partial charge in [0.05, 0.1) is 11.3 Å². The molecule has 2 aromatic carbocycles. The Hall–Kier alpha value is -3.81. The Labute approximate surface area is 159 Å². The highest BCUT2D eigenvalue weighted by atomic mass is 19.1. The van der Waals surface area contributed by atoms with Gasteiger partial charge in [-0.15, -0.1) is 0 Å². The highest BCUT2D eigenvalue weighted by Gasteiger charge is 2.09. The number of anilines is 4. The monoisotopic (exact) mass is 382 g/mol. The predicted molar refractivity (Wildman–Crippen MR) is 103 cm³/mol. The minimum atomic E-state index is -0.744. The number of halogens is 2. The summed E-state index contributed by atoms with van der Waals surface area (Å²) in [5, 5.41) is 8.06. The summed E-state index contributed by atoms with van der Waals surface area (Å²) in [5.74, 6) is -1.67. The number of aromatic nitrogens is 1. The van der Waals surface area contributed by atoms with E-state index in [-0.39, 0.29) is 17.5 Å². The van der Waals surface area contributed by atoms with Crippen molar-refractivity contribution in [2.75, 3.05) is 16.0 Å². The van der Waals surface area contributed by atoms with Crippen molar-refractivity contribution in [3.8, 4) is 0 Å². The molecular weight excluding hydrogens is 366 g/mol. The molecule has 0 radical (unpaired) electrons. The second-order valence-electron chi connectivity index (χ2n) is 5.89. The standard InChI is InChI=1S/C20H16F2N4O2/c1-12(27)24-15-4-6-16(7-5-15)25-20(28)13-2-9-19(23-11-13)26-18-8-3-14(21)10-17(18)22/h2-11H,1H3,(H,23,26)(H,24,27)(H,25,28). The maximum absolute atomic E-state index is 13.7. The largest absolute Gasteiger partial charge is 0.338 e. The van der Waals surface area contributed by atoms with Gasteiger partial charge in [-0.2, -0.15) is 0 Å². The lowest BCUT2D eigenvalue weighted by Crippen LogP contribution is -2.12. The molecule has 0 aliphatic carbocycles. The molecule has 1 aromatic heterocycles. The number of hydrogen-bond acceptors (Lipinski definition) is 4. The van der Waals surface area contributed by atoms with Crippen LogP contribution in [0.4, 0.5) is 31.7 Å². The summed E-state index contributed by atoms with van der Waals surface area (Å²) >= 11 is 0. The van der Waals surface area contributed by atoms with E-state index in [0.717, 1.165) is 12.1 Å². The van der Waals surface area contributed by atoms with Crippen LogP contribution in [0.5, 0.6) is 0 Å². The highest BCUT2D eigenvalue weighted by Crippen LogP contribution is 2.20. The number of carbonyl (C=O) groups excluding carboxylic acids is 2. The molecule has 1 heterocycles. The van der Waals surface area contributed by atoms with Crippen LogP contribution < -0.4 is 16.0 Å². The van der Waals surface area contributed by atoms with Gasteiger partial charge in [-0.1, -0.05) is 0 Å². The van der Waals surface area contributed by atoms with Gasteiger partial charge in [0.2, 0.25) is 5.91 Å². The lowest BCUT2D eigenvalue weighted by Gasteiger charge is -2.09. The molecule has 0 saturated heterocycles. The van der Waals surface area contributed by atoms with Crippen molar-refractivity contribution in [2.45, 2.75) is 6.92 Å². The lowest BCUT2D eigenvalue weighted by molar-refractivity contribution is -0.114. The van der Waals surface area contributed by atoms with E-state index in [9.17, 15) is 18.4 Å². The van der Waals surface area contributed by atoms with E-state index in [1.807, 2.05) is 0 Å².